The van der Waals surface area contributed by atoms with E-state index in [2.05, 4.69) is 10.3 Å². The standard InChI is InChI=1S/C19H20FN3O3/c20-15-3-1-2-4-16(15)22-14-5-8-21-17(13-14)18(24)23-9-6-19(7-10-23)25-11-12-26-19/h1-5,8,13H,6-7,9-12H2,(H,21,22). The molecular weight excluding hydrogens is 337 g/mol. The molecule has 2 fully saturated rings. The number of carbonyl (C=O) groups excluding carboxylic acids is 1. The second kappa shape index (κ2) is 7.01. The second-order valence-electron chi connectivity index (χ2n) is 6.43. The summed E-state index contributed by atoms with van der Waals surface area (Å²) in [5.74, 6) is -1.01. The number of ether oxygens (including phenoxy) is 2. The summed E-state index contributed by atoms with van der Waals surface area (Å²) >= 11 is 0. The summed E-state index contributed by atoms with van der Waals surface area (Å²) in [5, 5.41) is 2.98. The first-order chi connectivity index (χ1) is 12.7. The van der Waals surface area contributed by atoms with Gasteiger partial charge in [-0.15, -0.1) is 0 Å². The van der Waals surface area contributed by atoms with E-state index in [1.165, 1.54) is 6.07 Å². The van der Waals surface area contributed by atoms with Crippen molar-refractivity contribution in [3.63, 3.8) is 0 Å². The lowest BCUT2D eigenvalue weighted by molar-refractivity contribution is -0.181. The Balaban J connectivity index is 1.44. The molecule has 1 aromatic heterocycles. The Morgan fingerprint density at radius 3 is 2.62 bits per heavy atom. The molecule has 7 heteroatoms. The van der Waals surface area contributed by atoms with E-state index >= 15 is 0 Å². The summed E-state index contributed by atoms with van der Waals surface area (Å²) in [6, 6.07) is 9.74. The number of hydrogen-bond acceptors (Lipinski definition) is 5. The second-order valence-corrected chi connectivity index (χ2v) is 6.43. The molecule has 1 aromatic carbocycles. The number of nitrogens with one attached hydrogen (secondary N) is 1. The van der Waals surface area contributed by atoms with Crippen LogP contribution in [0.4, 0.5) is 15.8 Å². The lowest BCUT2D eigenvalue weighted by Crippen LogP contribution is -2.47. The number of halogens is 1. The maximum Gasteiger partial charge on any atom is 0.272 e. The number of likely N-dealkylation sites (tertiary alicyclic amines) is 1. The molecule has 3 heterocycles. The number of amides is 1. The van der Waals surface area contributed by atoms with Gasteiger partial charge < -0.3 is 19.7 Å². The first-order valence-corrected chi connectivity index (χ1v) is 8.70. The van der Waals surface area contributed by atoms with Gasteiger partial charge in [-0.1, -0.05) is 12.1 Å². The molecule has 0 saturated carbocycles. The van der Waals surface area contributed by atoms with Gasteiger partial charge in [0, 0.05) is 37.8 Å². The summed E-state index contributed by atoms with van der Waals surface area (Å²) in [5.41, 5.74) is 1.30. The third kappa shape index (κ3) is 3.40. The Morgan fingerprint density at radius 2 is 1.88 bits per heavy atom. The predicted octanol–water partition coefficient (Wildman–Crippen LogP) is 2.94. The molecule has 1 amide bonds. The number of anilines is 2. The van der Waals surface area contributed by atoms with Crippen molar-refractivity contribution in [2.24, 2.45) is 0 Å². The summed E-state index contributed by atoms with van der Waals surface area (Å²) in [6.45, 7) is 2.34. The van der Waals surface area contributed by atoms with Crippen molar-refractivity contribution in [2.75, 3.05) is 31.6 Å². The average molecular weight is 357 g/mol. The minimum Gasteiger partial charge on any atom is -0.353 e. The van der Waals surface area contributed by atoms with Crippen LogP contribution in [0.15, 0.2) is 42.6 Å². The Kier molecular flexibility index (Phi) is 4.57. The molecule has 0 aliphatic carbocycles. The Labute approximate surface area is 150 Å². The van der Waals surface area contributed by atoms with E-state index in [1.54, 1.807) is 41.4 Å². The minimum absolute atomic E-state index is 0.143. The fraction of sp³-hybridized carbons (Fsp3) is 0.368. The van der Waals surface area contributed by atoms with Gasteiger partial charge in [-0.05, 0) is 24.3 Å². The zero-order chi connectivity index (χ0) is 18.0. The lowest BCUT2D eigenvalue weighted by atomic mass is 10.0. The first-order valence-electron chi connectivity index (χ1n) is 8.70. The Bertz CT molecular complexity index is 798. The average Bonchev–Trinajstić information content (AvgIpc) is 3.12. The van der Waals surface area contributed by atoms with Gasteiger partial charge in [0.25, 0.3) is 5.91 Å². The van der Waals surface area contributed by atoms with Gasteiger partial charge in [0.2, 0.25) is 0 Å². The highest BCUT2D eigenvalue weighted by Gasteiger charge is 2.41. The van der Waals surface area contributed by atoms with Gasteiger partial charge in [0.15, 0.2) is 5.79 Å². The van der Waals surface area contributed by atoms with Gasteiger partial charge >= 0.3 is 0 Å². The quantitative estimate of drug-likeness (QED) is 0.915. The number of benzene rings is 1. The summed E-state index contributed by atoms with van der Waals surface area (Å²) in [6.07, 6.45) is 2.86. The smallest absolute Gasteiger partial charge is 0.272 e. The zero-order valence-corrected chi connectivity index (χ0v) is 14.3. The summed E-state index contributed by atoms with van der Waals surface area (Å²) < 4.78 is 25.2. The number of pyridine rings is 1. The van der Waals surface area contributed by atoms with Crippen molar-refractivity contribution >= 4 is 17.3 Å². The van der Waals surface area contributed by atoms with Crippen molar-refractivity contribution in [1.82, 2.24) is 9.88 Å². The number of carbonyl (C=O) groups is 1. The van der Waals surface area contributed by atoms with Crippen molar-refractivity contribution in [3.8, 4) is 0 Å². The van der Waals surface area contributed by atoms with Crippen LogP contribution < -0.4 is 5.32 Å². The molecule has 136 valence electrons. The molecule has 0 radical (unpaired) electrons. The largest absolute Gasteiger partial charge is 0.353 e. The van der Waals surface area contributed by atoms with Crippen LogP contribution in [0.25, 0.3) is 0 Å². The van der Waals surface area contributed by atoms with E-state index in [0.29, 0.717) is 56.2 Å². The molecule has 1 N–H and O–H groups in total. The molecule has 2 aliphatic heterocycles. The SMILES string of the molecule is O=C(c1cc(Nc2ccccc2F)ccn1)N1CCC2(CC1)OCCO2. The number of nitrogens with zero attached hydrogens (tertiary/aromatic N) is 2. The molecule has 2 saturated heterocycles. The van der Waals surface area contributed by atoms with Crippen molar-refractivity contribution in [3.05, 3.63) is 54.1 Å². The lowest BCUT2D eigenvalue weighted by Gasteiger charge is -2.37. The van der Waals surface area contributed by atoms with E-state index in [4.69, 9.17) is 9.47 Å². The third-order valence-corrected chi connectivity index (χ3v) is 4.76. The van der Waals surface area contributed by atoms with Crippen LogP contribution in [0.2, 0.25) is 0 Å². The maximum absolute atomic E-state index is 13.8. The van der Waals surface area contributed by atoms with Crippen LogP contribution in [0.1, 0.15) is 23.3 Å². The summed E-state index contributed by atoms with van der Waals surface area (Å²) in [7, 11) is 0. The Morgan fingerprint density at radius 1 is 1.15 bits per heavy atom. The molecule has 6 nitrogen and oxygen atoms in total. The highest BCUT2D eigenvalue weighted by Crippen LogP contribution is 2.31. The van der Waals surface area contributed by atoms with E-state index in [9.17, 15) is 9.18 Å². The number of hydrogen-bond donors (Lipinski definition) is 1. The van der Waals surface area contributed by atoms with Crippen LogP contribution in [0, 0.1) is 5.82 Å². The van der Waals surface area contributed by atoms with Crippen LogP contribution in [-0.2, 0) is 9.47 Å². The molecule has 2 aliphatic rings. The molecule has 1 spiro atoms. The molecule has 0 atom stereocenters. The highest BCUT2D eigenvalue weighted by atomic mass is 19.1. The van der Waals surface area contributed by atoms with Gasteiger partial charge in [-0.25, -0.2) is 4.39 Å². The topological polar surface area (TPSA) is 63.7 Å². The van der Waals surface area contributed by atoms with Gasteiger partial charge in [0.1, 0.15) is 11.5 Å². The molecular formula is C19H20FN3O3. The highest BCUT2D eigenvalue weighted by molar-refractivity contribution is 5.93. The van der Waals surface area contributed by atoms with Crippen molar-refractivity contribution in [2.45, 2.75) is 18.6 Å². The minimum atomic E-state index is -0.515. The number of rotatable bonds is 3. The van der Waals surface area contributed by atoms with Crippen LogP contribution in [-0.4, -0.2) is 47.9 Å². The number of para-hydroxylation sites is 1. The van der Waals surface area contributed by atoms with Gasteiger partial charge in [-0.2, -0.15) is 0 Å². The molecule has 0 bridgehead atoms. The van der Waals surface area contributed by atoms with E-state index in [1.807, 2.05) is 0 Å². The van der Waals surface area contributed by atoms with E-state index in [0.717, 1.165) is 0 Å². The van der Waals surface area contributed by atoms with E-state index in [-0.39, 0.29) is 11.7 Å². The Hall–Kier alpha value is -2.51. The van der Waals surface area contributed by atoms with Gasteiger partial charge in [0.05, 0.1) is 18.9 Å². The van der Waals surface area contributed by atoms with Crippen molar-refractivity contribution in [1.29, 1.82) is 0 Å². The monoisotopic (exact) mass is 357 g/mol. The third-order valence-electron chi connectivity index (χ3n) is 4.76. The summed E-state index contributed by atoms with van der Waals surface area (Å²) in [4.78, 5) is 18.7. The van der Waals surface area contributed by atoms with Crippen molar-refractivity contribution < 1.29 is 18.7 Å². The van der Waals surface area contributed by atoms with E-state index < -0.39 is 5.79 Å². The molecule has 26 heavy (non-hydrogen) atoms. The normalized spacial score (nSPS) is 18.9. The fourth-order valence-electron chi connectivity index (χ4n) is 3.34. The van der Waals surface area contributed by atoms with Crippen LogP contribution >= 0.6 is 0 Å². The molecule has 2 aromatic rings. The predicted molar refractivity (Wildman–Crippen MR) is 93.7 cm³/mol. The number of aromatic nitrogens is 1. The fourth-order valence-corrected chi connectivity index (χ4v) is 3.34. The van der Waals surface area contributed by atoms with Crippen LogP contribution in [0.5, 0.6) is 0 Å². The number of piperidine rings is 1. The first kappa shape index (κ1) is 16.9. The molecule has 4 rings (SSSR count). The van der Waals surface area contributed by atoms with Gasteiger partial charge in [-0.3, -0.25) is 9.78 Å². The maximum atomic E-state index is 13.8. The van der Waals surface area contributed by atoms with Crippen LogP contribution in [0.3, 0.4) is 0 Å². The molecule has 0 unspecified atom stereocenters. The zero-order valence-electron chi connectivity index (χ0n) is 14.3.